The highest BCUT2D eigenvalue weighted by atomic mass is 79.9. The zero-order chi connectivity index (χ0) is 8.55. The van der Waals surface area contributed by atoms with Gasteiger partial charge in [0.25, 0.3) is 0 Å². The van der Waals surface area contributed by atoms with E-state index in [1.807, 2.05) is 6.08 Å². The highest BCUT2D eigenvalue weighted by molar-refractivity contribution is 9.11. The molecular weight excluding hydrogens is 218 g/mol. The Balaban J connectivity index is 2.31. The molecule has 0 saturated carbocycles. The molecule has 64 valence electrons. The van der Waals surface area contributed by atoms with Gasteiger partial charge >= 0.3 is 0 Å². The number of allylic oxidation sites excluding steroid dienone is 3. The molecule has 2 unspecified atom stereocenters. The summed E-state index contributed by atoms with van der Waals surface area (Å²) in [5.74, 6) is 0.532. The lowest BCUT2D eigenvalue weighted by Crippen LogP contribution is -2.18. The first-order valence-electron chi connectivity index (χ1n) is 4.00. The summed E-state index contributed by atoms with van der Waals surface area (Å²) in [7, 11) is 0. The number of nitrogens with zero attached hydrogens (tertiary/aromatic N) is 2. The Hall–Kier alpha value is -0.640. The molecule has 1 aliphatic heterocycles. The van der Waals surface area contributed by atoms with Crippen LogP contribution < -0.4 is 5.43 Å². The van der Waals surface area contributed by atoms with E-state index in [9.17, 15) is 0 Å². The Labute approximate surface area is 79.7 Å². The van der Waals surface area contributed by atoms with E-state index in [0.29, 0.717) is 5.92 Å². The maximum Gasteiger partial charge on any atom is 0.117 e. The minimum atomic E-state index is 0.233. The van der Waals surface area contributed by atoms with E-state index in [-0.39, 0.29) is 6.04 Å². The largest absolute Gasteiger partial charge is 0.262 e. The molecule has 0 saturated heterocycles. The Kier molecular flexibility index (Phi) is 2.00. The second-order valence-electron chi connectivity index (χ2n) is 3.17. The lowest BCUT2D eigenvalue weighted by atomic mass is 9.98. The predicted molar refractivity (Wildman–Crippen MR) is 50.7 cm³/mol. The van der Waals surface area contributed by atoms with Crippen LogP contribution in [0.25, 0.3) is 0 Å². The van der Waals surface area contributed by atoms with Gasteiger partial charge in [0.05, 0.1) is 5.70 Å². The molecule has 0 bridgehead atoms. The van der Waals surface area contributed by atoms with Gasteiger partial charge in [-0.2, -0.15) is 5.11 Å². The molecule has 0 aromatic rings. The molecule has 0 fully saturated rings. The number of halogens is 1. The van der Waals surface area contributed by atoms with Crippen molar-refractivity contribution in [3.8, 4) is 0 Å². The van der Waals surface area contributed by atoms with Gasteiger partial charge in [0, 0.05) is 4.48 Å². The van der Waals surface area contributed by atoms with Gasteiger partial charge in [-0.3, -0.25) is 5.43 Å². The van der Waals surface area contributed by atoms with Crippen LogP contribution in [-0.2, 0) is 0 Å². The van der Waals surface area contributed by atoms with Crippen LogP contribution in [-0.4, -0.2) is 6.04 Å². The van der Waals surface area contributed by atoms with Crippen molar-refractivity contribution in [2.75, 3.05) is 0 Å². The summed E-state index contributed by atoms with van der Waals surface area (Å²) in [4.78, 5) is 0. The van der Waals surface area contributed by atoms with Gasteiger partial charge in [-0.05, 0) is 18.4 Å². The second-order valence-corrected chi connectivity index (χ2v) is 4.09. The SMILES string of the molecule is CC1CC=C(Br)C=C2NN=NC21. The van der Waals surface area contributed by atoms with Gasteiger partial charge in [0.1, 0.15) is 6.04 Å². The van der Waals surface area contributed by atoms with E-state index >= 15 is 0 Å². The van der Waals surface area contributed by atoms with Crippen LogP contribution >= 0.6 is 15.9 Å². The number of hydrogen-bond donors (Lipinski definition) is 1. The fourth-order valence-corrected chi connectivity index (χ4v) is 1.88. The van der Waals surface area contributed by atoms with Gasteiger partial charge < -0.3 is 0 Å². The van der Waals surface area contributed by atoms with E-state index in [2.05, 4.69) is 44.7 Å². The molecule has 0 spiro atoms. The van der Waals surface area contributed by atoms with E-state index < -0.39 is 0 Å². The van der Waals surface area contributed by atoms with Gasteiger partial charge in [-0.1, -0.05) is 34.2 Å². The first kappa shape index (κ1) is 7.98. The van der Waals surface area contributed by atoms with Crippen molar-refractivity contribution in [1.82, 2.24) is 5.43 Å². The van der Waals surface area contributed by atoms with Crippen molar-refractivity contribution in [2.45, 2.75) is 19.4 Å². The minimum absolute atomic E-state index is 0.233. The normalized spacial score (nSPS) is 33.2. The van der Waals surface area contributed by atoms with Crippen molar-refractivity contribution < 1.29 is 0 Å². The summed E-state index contributed by atoms with van der Waals surface area (Å²) < 4.78 is 1.12. The topological polar surface area (TPSA) is 36.8 Å². The first-order valence-corrected chi connectivity index (χ1v) is 4.80. The zero-order valence-corrected chi connectivity index (χ0v) is 8.37. The molecule has 12 heavy (non-hydrogen) atoms. The summed E-state index contributed by atoms with van der Waals surface area (Å²) in [6.07, 6.45) is 5.27. The minimum Gasteiger partial charge on any atom is -0.262 e. The van der Waals surface area contributed by atoms with E-state index in [0.717, 1.165) is 16.6 Å². The third-order valence-electron chi connectivity index (χ3n) is 2.20. The van der Waals surface area contributed by atoms with Gasteiger partial charge in [-0.15, -0.1) is 0 Å². The highest BCUT2D eigenvalue weighted by Crippen LogP contribution is 2.28. The van der Waals surface area contributed by atoms with Crippen LogP contribution in [0.2, 0.25) is 0 Å². The van der Waals surface area contributed by atoms with Crippen molar-refractivity contribution in [2.24, 2.45) is 16.3 Å². The Morgan fingerprint density at radius 1 is 1.67 bits per heavy atom. The molecule has 2 atom stereocenters. The van der Waals surface area contributed by atoms with Crippen molar-refractivity contribution in [3.05, 3.63) is 22.3 Å². The summed E-state index contributed by atoms with van der Waals surface area (Å²) in [6.45, 7) is 2.19. The van der Waals surface area contributed by atoms with Crippen molar-refractivity contribution in [1.29, 1.82) is 0 Å². The Morgan fingerprint density at radius 2 is 2.50 bits per heavy atom. The molecule has 1 N–H and O–H groups in total. The third kappa shape index (κ3) is 1.31. The number of nitrogens with one attached hydrogen (secondary N) is 1. The van der Waals surface area contributed by atoms with E-state index in [1.54, 1.807) is 0 Å². The van der Waals surface area contributed by atoms with Crippen LogP contribution in [0.15, 0.2) is 32.7 Å². The van der Waals surface area contributed by atoms with Crippen LogP contribution in [0.4, 0.5) is 0 Å². The number of rotatable bonds is 0. The second kappa shape index (κ2) is 3.01. The van der Waals surface area contributed by atoms with E-state index in [1.165, 1.54) is 0 Å². The molecule has 2 rings (SSSR count). The molecule has 0 aromatic carbocycles. The average molecular weight is 228 g/mol. The molecule has 0 aromatic heterocycles. The maximum absolute atomic E-state index is 4.12. The fourth-order valence-electron chi connectivity index (χ4n) is 1.45. The lowest BCUT2D eigenvalue weighted by Gasteiger charge is -2.11. The molecule has 1 aliphatic carbocycles. The van der Waals surface area contributed by atoms with Gasteiger partial charge in [0.2, 0.25) is 0 Å². The molecule has 1 heterocycles. The summed E-state index contributed by atoms with van der Waals surface area (Å²) in [6, 6.07) is 0.233. The van der Waals surface area contributed by atoms with Crippen LogP contribution in [0.5, 0.6) is 0 Å². The number of hydrogen-bond acceptors (Lipinski definition) is 3. The average Bonchev–Trinajstić information content (AvgIpc) is 2.44. The Bertz CT molecular complexity index is 280. The van der Waals surface area contributed by atoms with Crippen molar-refractivity contribution in [3.63, 3.8) is 0 Å². The summed E-state index contributed by atoms with van der Waals surface area (Å²) in [5.41, 5.74) is 4.01. The Morgan fingerprint density at radius 3 is 3.33 bits per heavy atom. The first-order chi connectivity index (χ1) is 5.77. The highest BCUT2D eigenvalue weighted by Gasteiger charge is 2.26. The van der Waals surface area contributed by atoms with Crippen LogP contribution in [0.1, 0.15) is 13.3 Å². The third-order valence-corrected chi connectivity index (χ3v) is 2.75. The van der Waals surface area contributed by atoms with Gasteiger partial charge in [-0.25, -0.2) is 0 Å². The molecule has 4 heteroatoms. The predicted octanol–water partition coefficient (Wildman–Crippen LogP) is 2.53. The van der Waals surface area contributed by atoms with Crippen LogP contribution in [0.3, 0.4) is 0 Å². The number of fused-ring (bicyclic) bond motifs is 1. The zero-order valence-electron chi connectivity index (χ0n) is 6.79. The van der Waals surface area contributed by atoms with E-state index in [4.69, 9.17) is 0 Å². The molecule has 0 amide bonds. The lowest BCUT2D eigenvalue weighted by molar-refractivity contribution is 0.515. The molecule has 2 aliphatic rings. The smallest absolute Gasteiger partial charge is 0.117 e. The maximum atomic E-state index is 4.12. The molecular formula is C8H10BrN3. The molecule has 3 nitrogen and oxygen atoms in total. The molecule has 0 radical (unpaired) electrons. The van der Waals surface area contributed by atoms with Crippen molar-refractivity contribution >= 4 is 15.9 Å². The summed E-state index contributed by atoms with van der Waals surface area (Å²) >= 11 is 3.46. The quantitative estimate of drug-likeness (QED) is 0.679. The van der Waals surface area contributed by atoms with Crippen LogP contribution in [0, 0.1) is 5.92 Å². The van der Waals surface area contributed by atoms with Gasteiger partial charge in [0.15, 0.2) is 0 Å². The standard InChI is InChI=1S/C8H10BrN3/c1-5-2-3-6(9)4-7-8(5)11-12-10-7/h3-5,8H,2H2,1H3,(H,10,11). The monoisotopic (exact) mass is 227 g/mol. The fraction of sp³-hybridized carbons (Fsp3) is 0.500. The summed E-state index contributed by atoms with van der Waals surface area (Å²) in [5, 5.41) is 7.94.